The van der Waals surface area contributed by atoms with E-state index in [4.69, 9.17) is 4.74 Å². The summed E-state index contributed by atoms with van der Waals surface area (Å²) < 4.78 is 5.72. The van der Waals surface area contributed by atoms with Crippen LogP contribution >= 0.6 is 0 Å². The first-order valence-electron chi connectivity index (χ1n) is 8.21. The van der Waals surface area contributed by atoms with Gasteiger partial charge in [-0.25, -0.2) is 0 Å². The maximum absolute atomic E-state index is 12.7. The maximum atomic E-state index is 12.7. The first kappa shape index (κ1) is 14.6. The first-order chi connectivity index (χ1) is 11.2. The van der Waals surface area contributed by atoms with Gasteiger partial charge in [-0.15, -0.1) is 0 Å². The molecule has 2 aliphatic heterocycles. The first-order valence-corrected chi connectivity index (χ1v) is 8.21. The molecule has 1 aromatic carbocycles. The molecule has 5 heteroatoms. The van der Waals surface area contributed by atoms with E-state index < -0.39 is 0 Å². The lowest BCUT2D eigenvalue weighted by molar-refractivity contribution is -0.0390. The number of ether oxygens (including phenoxy) is 1. The Morgan fingerprint density at radius 1 is 1.30 bits per heavy atom. The lowest BCUT2D eigenvalue weighted by Crippen LogP contribution is -2.45. The van der Waals surface area contributed by atoms with Crippen molar-refractivity contribution in [2.75, 3.05) is 19.7 Å². The van der Waals surface area contributed by atoms with Crippen LogP contribution in [0.3, 0.4) is 0 Å². The monoisotopic (exact) mass is 311 g/mol. The van der Waals surface area contributed by atoms with E-state index in [9.17, 15) is 4.79 Å². The second-order valence-corrected chi connectivity index (χ2v) is 6.53. The van der Waals surface area contributed by atoms with E-state index in [1.54, 1.807) is 12.3 Å². The largest absolute Gasteiger partial charge is 0.376 e. The number of rotatable bonds is 2. The molecule has 0 unspecified atom stereocenters. The average molecular weight is 311 g/mol. The molecule has 120 valence electrons. The third-order valence-corrected chi connectivity index (χ3v) is 4.82. The molecule has 2 saturated heterocycles. The lowest BCUT2D eigenvalue weighted by Gasteiger charge is -2.33. The molecule has 2 aromatic rings. The summed E-state index contributed by atoms with van der Waals surface area (Å²) in [6.07, 6.45) is 2.94. The van der Waals surface area contributed by atoms with Crippen LogP contribution in [0.5, 0.6) is 0 Å². The van der Waals surface area contributed by atoms with Crippen LogP contribution in [0.25, 0.3) is 10.9 Å². The Labute approximate surface area is 135 Å². The van der Waals surface area contributed by atoms with Gasteiger partial charge in [0.1, 0.15) is 0 Å². The van der Waals surface area contributed by atoms with Crippen LogP contribution in [0.2, 0.25) is 0 Å². The molecule has 0 spiro atoms. The Hall–Kier alpha value is -1.98. The average Bonchev–Trinajstić information content (AvgIpc) is 2.95. The predicted octanol–water partition coefficient (Wildman–Crippen LogP) is 1.83. The van der Waals surface area contributed by atoms with Gasteiger partial charge in [-0.1, -0.05) is 18.2 Å². The van der Waals surface area contributed by atoms with Crippen LogP contribution < -0.4 is 5.32 Å². The lowest BCUT2D eigenvalue weighted by atomic mass is 10.1. The molecule has 5 nitrogen and oxygen atoms in total. The number of hydrogen-bond acceptors (Lipinski definition) is 4. The van der Waals surface area contributed by atoms with Gasteiger partial charge in [0.05, 0.1) is 23.8 Å². The van der Waals surface area contributed by atoms with E-state index in [-0.39, 0.29) is 18.1 Å². The van der Waals surface area contributed by atoms with Crippen molar-refractivity contribution < 1.29 is 9.53 Å². The van der Waals surface area contributed by atoms with Crippen LogP contribution in [0.4, 0.5) is 0 Å². The predicted molar refractivity (Wildman–Crippen MR) is 88.4 cm³/mol. The number of benzene rings is 1. The van der Waals surface area contributed by atoms with Gasteiger partial charge in [0, 0.05) is 36.8 Å². The fourth-order valence-electron chi connectivity index (χ4n) is 3.70. The molecule has 0 saturated carbocycles. The summed E-state index contributed by atoms with van der Waals surface area (Å²) in [5.74, 6) is -0.0117. The van der Waals surface area contributed by atoms with E-state index in [0.29, 0.717) is 11.6 Å². The zero-order valence-electron chi connectivity index (χ0n) is 13.2. The molecule has 4 rings (SSSR count). The zero-order valence-corrected chi connectivity index (χ0v) is 13.2. The number of aromatic nitrogens is 1. The minimum absolute atomic E-state index is 0.0117. The van der Waals surface area contributed by atoms with Crippen LogP contribution in [-0.4, -0.2) is 53.7 Å². The highest BCUT2D eigenvalue weighted by Gasteiger charge is 2.36. The van der Waals surface area contributed by atoms with Crippen molar-refractivity contribution in [1.29, 1.82) is 0 Å². The van der Waals surface area contributed by atoms with E-state index in [2.05, 4.69) is 22.1 Å². The van der Waals surface area contributed by atoms with Crippen LogP contribution in [-0.2, 0) is 4.74 Å². The number of carbonyl (C=O) groups is 1. The van der Waals surface area contributed by atoms with Crippen molar-refractivity contribution in [2.45, 2.75) is 31.5 Å². The van der Waals surface area contributed by atoms with Gasteiger partial charge in [-0.05, 0) is 25.5 Å². The SMILES string of the molecule is C[C@@H]1CN2C[C@H](NC(=O)c3ccnc4ccccc34)C[C@H]2CO1. The Balaban J connectivity index is 1.50. The Kier molecular flexibility index (Phi) is 3.75. The van der Waals surface area contributed by atoms with E-state index in [1.807, 2.05) is 24.3 Å². The maximum Gasteiger partial charge on any atom is 0.252 e. The molecule has 3 heterocycles. The summed E-state index contributed by atoms with van der Waals surface area (Å²) in [5, 5.41) is 4.10. The van der Waals surface area contributed by atoms with Gasteiger partial charge in [-0.3, -0.25) is 14.7 Å². The third-order valence-electron chi connectivity index (χ3n) is 4.82. The van der Waals surface area contributed by atoms with Gasteiger partial charge in [0.2, 0.25) is 0 Å². The highest BCUT2D eigenvalue weighted by Crippen LogP contribution is 2.24. The quantitative estimate of drug-likeness (QED) is 0.919. The Morgan fingerprint density at radius 2 is 2.17 bits per heavy atom. The second-order valence-electron chi connectivity index (χ2n) is 6.53. The van der Waals surface area contributed by atoms with Crippen molar-refractivity contribution in [3.63, 3.8) is 0 Å². The molecular weight excluding hydrogens is 290 g/mol. The summed E-state index contributed by atoms with van der Waals surface area (Å²) in [6, 6.07) is 10.2. The number of carbonyl (C=O) groups excluding carboxylic acids is 1. The van der Waals surface area contributed by atoms with Crippen LogP contribution in [0.15, 0.2) is 36.5 Å². The minimum Gasteiger partial charge on any atom is -0.376 e. The summed E-state index contributed by atoms with van der Waals surface area (Å²) in [6.45, 7) is 4.74. The van der Waals surface area contributed by atoms with E-state index >= 15 is 0 Å². The molecule has 1 amide bonds. The van der Waals surface area contributed by atoms with Crippen molar-refractivity contribution in [3.05, 3.63) is 42.1 Å². The molecule has 2 fully saturated rings. The van der Waals surface area contributed by atoms with E-state index in [1.165, 1.54) is 0 Å². The highest BCUT2D eigenvalue weighted by atomic mass is 16.5. The van der Waals surface area contributed by atoms with Crippen molar-refractivity contribution in [2.24, 2.45) is 0 Å². The third kappa shape index (κ3) is 2.82. The van der Waals surface area contributed by atoms with Crippen molar-refractivity contribution in [1.82, 2.24) is 15.2 Å². The summed E-state index contributed by atoms with van der Waals surface area (Å²) in [4.78, 5) is 19.4. The molecule has 0 radical (unpaired) electrons. The molecule has 1 aromatic heterocycles. The normalized spacial score (nSPS) is 27.8. The molecule has 1 N–H and O–H groups in total. The summed E-state index contributed by atoms with van der Waals surface area (Å²) >= 11 is 0. The van der Waals surface area contributed by atoms with Gasteiger partial charge in [0.25, 0.3) is 5.91 Å². The zero-order chi connectivity index (χ0) is 15.8. The van der Waals surface area contributed by atoms with Gasteiger partial charge < -0.3 is 10.1 Å². The van der Waals surface area contributed by atoms with Crippen molar-refractivity contribution >= 4 is 16.8 Å². The standard InChI is InChI=1S/C18H21N3O2/c1-12-9-21-10-13(8-14(21)11-23-12)20-18(22)16-6-7-19-17-5-3-2-4-15(16)17/h2-7,12-14H,8-11H2,1H3,(H,20,22)/t12-,13-,14+/m1/s1. The molecular formula is C18H21N3O2. The summed E-state index contributed by atoms with van der Waals surface area (Å²) in [5.41, 5.74) is 1.55. The molecule has 3 atom stereocenters. The van der Waals surface area contributed by atoms with Crippen molar-refractivity contribution in [3.8, 4) is 0 Å². The fraction of sp³-hybridized carbons (Fsp3) is 0.444. The number of nitrogens with one attached hydrogen (secondary N) is 1. The van der Waals surface area contributed by atoms with Gasteiger partial charge in [-0.2, -0.15) is 0 Å². The number of nitrogens with zero attached hydrogens (tertiary/aromatic N) is 2. The highest BCUT2D eigenvalue weighted by molar-refractivity contribution is 6.06. The number of fused-ring (bicyclic) bond motifs is 2. The number of amides is 1. The second kappa shape index (κ2) is 5.91. The van der Waals surface area contributed by atoms with Crippen LogP contribution in [0, 0.1) is 0 Å². The smallest absolute Gasteiger partial charge is 0.252 e. The minimum atomic E-state index is -0.0117. The van der Waals surface area contributed by atoms with Gasteiger partial charge in [0.15, 0.2) is 0 Å². The number of para-hydroxylation sites is 1. The molecule has 0 aliphatic carbocycles. The summed E-state index contributed by atoms with van der Waals surface area (Å²) in [7, 11) is 0. The van der Waals surface area contributed by atoms with Gasteiger partial charge >= 0.3 is 0 Å². The Morgan fingerprint density at radius 3 is 3.09 bits per heavy atom. The number of morpholine rings is 1. The molecule has 23 heavy (non-hydrogen) atoms. The van der Waals surface area contributed by atoms with E-state index in [0.717, 1.165) is 37.0 Å². The molecule has 2 aliphatic rings. The topological polar surface area (TPSA) is 54.5 Å². The molecule has 0 bridgehead atoms. The van der Waals surface area contributed by atoms with Crippen LogP contribution in [0.1, 0.15) is 23.7 Å². The number of pyridine rings is 1. The number of hydrogen-bond donors (Lipinski definition) is 1. The fourth-order valence-corrected chi connectivity index (χ4v) is 3.70. The Bertz CT molecular complexity index is 728.